The van der Waals surface area contributed by atoms with Crippen LogP contribution in [0.5, 0.6) is 28.7 Å². The molecule has 0 aliphatic heterocycles. The lowest BCUT2D eigenvalue weighted by Gasteiger charge is -2.13. The summed E-state index contributed by atoms with van der Waals surface area (Å²) in [6.07, 6.45) is 3.18. The average molecular weight is 358 g/mol. The number of allylic oxidation sites excluding steroid dienone is 1. The fourth-order valence-electron chi connectivity index (χ4n) is 2.45. The Morgan fingerprint density at radius 1 is 0.731 bits per heavy atom. The van der Waals surface area contributed by atoms with Crippen LogP contribution in [0.4, 0.5) is 0 Å². The van der Waals surface area contributed by atoms with Crippen LogP contribution in [0.15, 0.2) is 36.4 Å². The Bertz CT molecular complexity index is 785. The molecule has 0 saturated heterocycles. The van der Waals surface area contributed by atoms with Crippen LogP contribution in [0.25, 0.3) is 6.08 Å². The molecule has 138 valence electrons. The summed E-state index contributed by atoms with van der Waals surface area (Å²) in [5.74, 6) is 2.31. The van der Waals surface area contributed by atoms with Gasteiger partial charge in [0.2, 0.25) is 5.75 Å². The summed E-state index contributed by atoms with van der Waals surface area (Å²) in [6.45, 7) is 0. The first-order valence-electron chi connectivity index (χ1n) is 7.82. The van der Waals surface area contributed by atoms with E-state index in [1.165, 1.54) is 27.4 Å². The zero-order valence-electron chi connectivity index (χ0n) is 15.5. The summed E-state index contributed by atoms with van der Waals surface area (Å²) in [7, 11) is 7.66. The molecule has 2 rings (SSSR count). The molecule has 0 bridgehead atoms. The fraction of sp³-hybridized carbons (Fsp3) is 0.250. The van der Waals surface area contributed by atoms with Gasteiger partial charge >= 0.3 is 0 Å². The molecule has 0 fully saturated rings. The van der Waals surface area contributed by atoms with Gasteiger partial charge in [-0.05, 0) is 35.9 Å². The summed E-state index contributed by atoms with van der Waals surface area (Å²) in [4.78, 5) is 12.5. The molecular weight excluding hydrogens is 336 g/mol. The number of ether oxygens (including phenoxy) is 5. The number of methoxy groups -OCH3 is 5. The molecule has 0 aromatic heterocycles. The predicted octanol–water partition coefficient (Wildman–Crippen LogP) is 3.63. The molecule has 2 aromatic rings. The molecule has 0 heterocycles. The summed E-state index contributed by atoms with van der Waals surface area (Å²) in [6, 6.07) is 8.63. The van der Waals surface area contributed by atoms with Gasteiger partial charge in [-0.3, -0.25) is 4.79 Å². The molecule has 0 atom stereocenters. The molecule has 0 spiro atoms. The quantitative estimate of drug-likeness (QED) is 0.530. The first-order valence-corrected chi connectivity index (χ1v) is 7.82. The maximum absolute atomic E-state index is 12.5. The molecule has 0 saturated carbocycles. The molecule has 6 heteroatoms. The van der Waals surface area contributed by atoms with Gasteiger partial charge in [-0.25, -0.2) is 0 Å². The van der Waals surface area contributed by atoms with Gasteiger partial charge in [-0.1, -0.05) is 12.1 Å². The second-order valence-corrected chi connectivity index (χ2v) is 5.23. The van der Waals surface area contributed by atoms with E-state index in [0.29, 0.717) is 34.3 Å². The van der Waals surface area contributed by atoms with E-state index in [2.05, 4.69) is 0 Å². The Morgan fingerprint density at radius 2 is 1.31 bits per heavy atom. The topological polar surface area (TPSA) is 63.2 Å². The first-order chi connectivity index (χ1) is 12.6. The van der Waals surface area contributed by atoms with Crippen LogP contribution in [0, 0.1) is 0 Å². The van der Waals surface area contributed by atoms with Crippen LogP contribution in [-0.2, 0) is 0 Å². The van der Waals surface area contributed by atoms with Gasteiger partial charge in [0.1, 0.15) is 0 Å². The van der Waals surface area contributed by atoms with E-state index in [4.69, 9.17) is 23.7 Å². The second kappa shape index (κ2) is 8.80. The van der Waals surface area contributed by atoms with Gasteiger partial charge in [0.05, 0.1) is 35.5 Å². The number of carbonyl (C=O) groups is 1. The van der Waals surface area contributed by atoms with Crippen molar-refractivity contribution in [2.75, 3.05) is 35.5 Å². The van der Waals surface area contributed by atoms with Gasteiger partial charge in [-0.15, -0.1) is 0 Å². The first kappa shape index (κ1) is 19.2. The zero-order chi connectivity index (χ0) is 19.1. The van der Waals surface area contributed by atoms with E-state index in [1.807, 2.05) is 6.07 Å². The van der Waals surface area contributed by atoms with Crippen molar-refractivity contribution in [2.24, 2.45) is 0 Å². The average Bonchev–Trinajstić information content (AvgIpc) is 2.70. The molecule has 0 N–H and O–H groups in total. The van der Waals surface area contributed by atoms with Gasteiger partial charge in [0.25, 0.3) is 0 Å². The lowest BCUT2D eigenvalue weighted by atomic mass is 10.1. The highest BCUT2D eigenvalue weighted by Crippen LogP contribution is 2.38. The van der Waals surface area contributed by atoms with Gasteiger partial charge in [0.15, 0.2) is 28.8 Å². The standard InChI is InChI=1S/C20H22O6/c1-22-16-9-7-13(10-17(16)23-2)6-8-15(21)14-11-18(24-3)20(26-5)19(12-14)25-4/h6-12H,1-5H3. The van der Waals surface area contributed by atoms with E-state index < -0.39 is 0 Å². The van der Waals surface area contributed by atoms with E-state index in [1.54, 1.807) is 44.6 Å². The van der Waals surface area contributed by atoms with E-state index in [0.717, 1.165) is 5.56 Å². The Labute approximate surface area is 152 Å². The highest BCUT2D eigenvalue weighted by atomic mass is 16.5. The van der Waals surface area contributed by atoms with E-state index >= 15 is 0 Å². The van der Waals surface area contributed by atoms with Crippen molar-refractivity contribution < 1.29 is 28.5 Å². The molecule has 26 heavy (non-hydrogen) atoms. The van der Waals surface area contributed by atoms with E-state index in [-0.39, 0.29) is 5.78 Å². The van der Waals surface area contributed by atoms with Crippen LogP contribution >= 0.6 is 0 Å². The third-order valence-electron chi connectivity index (χ3n) is 3.78. The van der Waals surface area contributed by atoms with Gasteiger partial charge < -0.3 is 23.7 Å². The fourth-order valence-corrected chi connectivity index (χ4v) is 2.45. The van der Waals surface area contributed by atoms with Crippen LogP contribution in [0.2, 0.25) is 0 Å². The number of carbonyl (C=O) groups excluding carboxylic acids is 1. The second-order valence-electron chi connectivity index (χ2n) is 5.23. The summed E-state index contributed by atoms with van der Waals surface area (Å²) in [5, 5.41) is 0. The van der Waals surface area contributed by atoms with E-state index in [9.17, 15) is 4.79 Å². The highest BCUT2D eigenvalue weighted by Gasteiger charge is 2.15. The number of ketones is 1. The lowest BCUT2D eigenvalue weighted by molar-refractivity contribution is 0.104. The zero-order valence-corrected chi connectivity index (χ0v) is 15.5. The number of hydrogen-bond donors (Lipinski definition) is 0. The van der Waals surface area contributed by atoms with Crippen molar-refractivity contribution in [3.63, 3.8) is 0 Å². The summed E-state index contributed by atoms with van der Waals surface area (Å²) < 4.78 is 26.3. The van der Waals surface area contributed by atoms with Crippen LogP contribution < -0.4 is 23.7 Å². The molecule has 0 unspecified atom stereocenters. The minimum Gasteiger partial charge on any atom is -0.493 e. The minimum absolute atomic E-state index is 0.195. The Morgan fingerprint density at radius 3 is 1.81 bits per heavy atom. The monoisotopic (exact) mass is 358 g/mol. The molecule has 6 nitrogen and oxygen atoms in total. The largest absolute Gasteiger partial charge is 0.493 e. The number of hydrogen-bond acceptors (Lipinski definition) is 6. The number of rotatable bonds is 8. The SMILES string of the molecule is COc1ccc(C=CC(=O)c2cc(OC)c(OC)c(OC)c2)cc1OC. The van der Waals surface area contributed by atoms with Crippen molar-refractivity contribution >= 4 is 11.9 Å². The van der Waals surface area contributed by atoms with Crippen molar-refractivity contribution in [3.8, 4) is 28.7 Å². The summed E-state index contributed by atoms with van der Waals surface area (Å²) >= 11 is 0. The number of benzene rings is 2. The van der Waals surface area contributed by atoms with Crippen molar-refractivity contribution in [1.82, 2.24) is 0 Å². The molecule has 2 aromatic carbocycles. The summed E-state index contributed by atoms with van der Waals surface area (Å²) in [5.41, 5.74) is 1.24. The molecular formula is C20H22O6. The van der Waals surface area contributed by atoms with Gasteiger partial charge in [-0.2, -0.15) is 0 Å². The van der Waals surface area contributed by atoms with Crippen LogP contribution in [-0.4, -0.2) is 41.3 Å². The van der Waals surface area contributed by atoms with Crippen LogP contribution in [0.3, 0.4) is 0 Å². The lowest BCUT2D eigenvalue weighted by Crippen LogP contribution is -2.00. The maximum Gasteiger partial charge on any atom is 0.203 e. The minimum atomic E-state index is -0.195. The highest BCUT2D eigenvalue weighted by molar-refractivity contribution is 6.07. The predicted molar refractivity (Wildman–Crippen MR) is 99.0 cm³/mol. The normalized spacial score (nSPS) is 10.5. The molecule has 0 radical (unpaired) electrons. The van der Waals surface area contributed by atoms with Crippen LogP contribution in [0.1, 0.15) is 15.9 Å². The molecule has 0 aliphatic rings. The third kappa shape index (κ3) is 4.08. The molecule has 0 aliphatic carbocycles. The Balaban J connectivity index is 2.31. The Kier molecular flexibility index (Phi) is 6.49. The maximum atomic E-state index is 12.5. The van der Waals surface area contributed by atoms with Crippen molar-refractivity contribution in [2.45, 2.75) is 0 Å². The van der Waals surface area contributed by atoms with Gasteiger partial charge in [0, 0.05) is 5.56 Å². The van der Waals surface area contributed by atoms with Crippen molar-refractivity contribution in [1.29, 1.82) is 0 Å². The molecule has 0 amide bonds. The van der Waals surface area contributed by atoms with Crippen molar-refractivity contribution in [3.05, 3.63) is 47.5 Å². The Hall–Kier alpha value is -3.15. The third-order valence-corrected chi connectivity index (χ3v) is 3.78. The smallest absolute Gasteiger partial charge is 0.203 e.